The molecule has 1 rings (SSSR count). The molecule has 0 bridgehead atoms. The molecule has 112 valence electrons. The van der Waals surface area contributed by atoms with E-state index < -0.39 is 21.2 Å². The fraction of sp³-hybridized carbons (Fsp3) is 0.286. The summed E-state index contributed by atoms with van der Waals surface area (Å²) in [7, 11) is -2.22. The minimum atomic E-state index is -3.64. The standard InChI is InChI=1S/C14H16N2O4S/c1-11(9-15)21(19,20)16(2)10-13-5-3-12(4-6-13)7-8-14(17)18/h3-8,11H,10H2,1-2H3,(H,17,18). The Labute approximate surface area is 124 Å². The SMILES string of the molecule is CC(C#N)S(=O)(=O)N(C)Cc1ccc(C=CC(=O)O)cc1. The number of carbonyl (C=O) groups is 1. The molecule has 0 saturated carbocycles. The van der Waals surface area contributed by atoms with Crippen molar-refractivity contribution in [2.24, 2.45) is 0 Å². The van der Waals surface area contributed by atoms with Crippen molar-refractivity contribution in [2.45, 2.75) is 18.7 Å². The Morgan fingerprint density at radius 1 is 1.43 bits per heavy atom. The Hall–Kier alpha value is -2.17. The maximum atomic E-state index is 11.9. The van der Waals surface area contributed by atoms with Crippen molar-refractivity contribution in [3.63, 3.8) is 0 Å². The van der Waals surface area contributed by atoms with Crippen LogP contribution < -0.4 is 0 Å². The van der Waals surface area contributed by atoms with E-state index in [1.807, 2.05) is 0 Å². The van der Waals surface area contributed by atoms with Crippen LogP contribution in [-0.2, 0) is 21.4 Å². The Balaban J connectivity index is 2.81. The van der Waals surface area contributed by atoms with E-state index in [1.54, 1.807) is 30.3 Å². The number of carboxylic acid groups (broad SMARTS) is 1. The number of aliphatic carboxylic acids is 1. The van der Waals surface area contributed by atoms with Crippen molar-refractivity contribution in [3.8, 4) is 6.07 Å². The molecule has 0 aliphatic rings. The number of benzene rings is 1. The van der Waals surface area contributed by atoms with Crippen LogP contribution in [0, 0.1) is 11.3 Å². The maximum absolute atomic E-state index is 11.9. The van der Waals surface area contributed by atoms with Gasteiger partial charge in [-0.25, -0.2) is 13.2 Å². The van der Waals surface area contributed by atoms with Crippen LogP contribution in [0.5, 0.6) is 0 Å². The topological polar surface area (TPSA) is 98.5 Å². The zero-order valence-corrected chi connectivity index (χ0v) is 12.5. The summed E-state index contributed by atoms with van der Waals surface area (Å²) in [4.78, 5) is 10.4. The van der Waals surface area contributed by atoms with Crippen molar-refractivity contribution < 1.29 is 18.3 Å². The molecule has 7 heteroatoms. The predicted octanol–water partition coefficient (Wildman–Crippen LogP) is 1.46. The Bertz CT molecular complexity index is 672. The summed E-state index contributed by atoms with van der Waals surface area (Å²) >= 11 is 0. The molecule has 1 atom stereocenters. The highest BCUT2D eigenvalue weighted by Gasteiger charge is 2.25. The molecule has 6 nitrogen and oxygen atoms in total. The lowest BCUT2D eigenvalue weighted by molar-refractivity contribution is -0.131. The first kappa shape index (κ1) is 16.9. The van der Waals surface area contributed by atoms with Crippen molar-refractivity contribution >= 4 is 22.1 Å². The summed E-state index contributed by atoms with van der Waals surface area (Å²) in [5, 5.41) is 16.1. The fourth-order valence-electron chi connectivity index (χ4n) is 1.59. The molecule has 0 fully saturated rings. The lowest BCUT2D eigenvalue weighted by Gasteiger charge is -2.18. The average molecular weight is 308 g/mol. The zero-order valence-electron chi connectivity index (χ0n) is 11.7. The van der Waals surface area contributed by atoms with Crippen molar-refractivity contribution in [1.82, 2.24) is 4.31 Å². The van der Waals surface area contributed by atoms with Crippen LogP contribution in [0.25, 0.3) is 6.08 Å². The average Bonchev–Trinajstić information content (AvgIpc) is 2.45. The van der Waals surface area contributed by atoms with Gasteiger partial charge in [0, 0.05) is 19.7 Å². The maximum Gasteiger partial charge on any atom is 0.328 e. The van der Waals surface area contributed by atoms with E-state index in [0.717, 1.165) is 15.9 Å². The summed E-state index contributed by atoms with van der Waals surface area (Å²) < 4.78 is 25.0. The van der Waals surface area contributed by atoms with Crippen LogP contribution in [0.3, 0.4) is 0 Å². The highest BCUT2D eigenvalue weighted by Crippen LogP contribution is 2.13. The Morgan fingerprint density at radius 2 is 2.00 bits per heavy atom. The van der Waals surface area contributed by atoms with Crippen molar-refractivity contribution in [1.29, 1.82) is 5.26 Å². The van der Waals surface area contributed by atoms with E-state index in [-0.39, 0.29) is 6.54 Å². The van der Waals surface area contributed by atoms with E-state index in [1.165, 1.54) is 20.0 Å². The van der Waals surface area contributed by atoms with Gasteiger partial charge in [-0.2, -0.15) is 9.57 Å². The molecule has 0 aromatic heterocycles. The summed E-state index contributed by atoms with van der Waals surface area (Å²) in [6.45, 7) is 1.49. The van der Waals surface area contributed by atoms with E-state index in [0.29, 0.717) is 5.56 Å². The van der Waals surface area contributed by atoms with Gasteiger partial charge >= 0.3 is 5.97 Å². The molecule has 0 heterocycles. The van der Waals surface area contributed by atoms with Gasteiger partial charge < -0.3 is 5.11 Å². The quantitative estimate of drug-likeness (QED) is 0.802. The number of sulfonamides is 1. The first-order valence-electron chi connectivity index (χ1n) is 6.12. The van der Waals surface area contributed by atoms with Gasteiger partial charge in [-0.1, -0.05) is 24.3 Å². The Kier molecular flexibility index (Phi) is 5.64. The van der Waals surface area contributed by atoms with Gasteiger partial charge in [-0.05, 0) is 24.1 Å². The molecular weight excluding hydrogens is 292 g/mol. The lowest BCUT2D eigenvalue weighted by atomic mass is 10.1. The molecule has 21 heavy (non-hydrogen) atoms. The number of hydrogen-bond donors (Lipinski definition) is 1. The lowest BCUT2D eigenvalue weighted by Crippen LogP contribution is -2.33. The van der Waals surface area contributed by atoms with E-state index in [4.69, 9.17) is 10.4 Å². The van der Waals surface area contributed by atoms with E-state index in [9.17, 15) is 13.2 Å². The minimum Gasteiger partial charge on any atom is -0.478 e. The molecule has 1 unspecified atom stereocenters. The van der Waals surface area contributed by atoms with Gasteiger partial charge in [0.05, 0.1) is 6.07 Å². The molecule has 0 spiro atoms. The van der Waals surface area contributed by atoms with Gasteiger partial charge in [-0.3, -0.25) is 0 Å². The summed E-state index contributed by atoms with van der Waals surface area (Å²) in [5.74, 6) is -1.03. The van der Waals surface area contributed by atoms with Gasteiger partial charge in [0.25, 0.3) is 0 Å². The molecule has 0 saturated heterocycles. The van der Waals surface area contributed by atoms with Gasteiger partial charge in [0.15, 0.2) is 5.25 Å². The number of hydrogen-bond acceptors (Lipinski definition) is 4. The Morgan fingerprint density at radius 3 is 2.48 bits per heavy atom. The molecule has 1 aromatic rings. The third-order valence-corrected chi connectivity index (χ3v) is 4.86. The second-order valence-corrected chi connectivity index (χ2v) is 6.85. The van der Waals surface area contributed by atoms with Crippen LogP contribution in [0.4, 0.5) is 0 Å². The van der Waals surface area contributed by atoms with E-state index in [2.05, 4.69) is 0 Å². The normalized spacial score (nSPS) is 13.2. The van der Waals surface area contributed by atoms with Gasteiger partial charge in [0.2, 0.25) is 10.0 Å². The second-order valence-electron chi connectivity index (χ2n) is 4.49. The monoisotopic (exact) mass is 308 g/mol. The molecule has 1 aromatic carbocycles. The summed E-state index contributed by atoms with van der Waals surface area (Å²) in [6, 6.07) is 8.53. The van der Waals surface area contributed by atoms with Gasteiger partial charge in [0.1, 0.15) is 0 Å². The number of carboxylic acids is 1. The largest absolute Gasteiger partial charge is 0.478 e. The summed E-state index contributed by atoms with van der Waals surface area (Å²) in [6.07, 6.45) is 2.48. The predicted molar refractivity (Wildman–Crippen MR) is 78.6 cm³/mol. The van der Waals surface area contributed by atoms with Crippen LogP contribution >= 0.6 is 0 Å². The van der Waals surface area contributed by atoms with Gasteiger partial charge in [-0.15, -0.1) is 0 Å². The minimum absolute atomic E-state index is 0.150. The third kappa shape index (κ3) is 4.70. The van der Waals surface area contributed by atoms with E-state index >= 15 is 0 Å². The summed E-state index contributed by atoms with van der Waals surface area (Å²) in [5.41, 5.74) is 1.45. The smallest absolute Gasteiger partial charge is 0.328 e. The van der Waals surface area contributed by atoms with Crippen LogP contribution in [0.2, 0.25) is 0 Å². The highest BCUT2D eigenvalue weighted by molar-refractivity contribution is 7.89. The van der Waals surface area contributed by atoms with Crippen molar-refractivity contribution in [2.75, 3.05) is 7.05 Å². The first-order valence-corrected chi connectivity index (χ1v) is 7.62. The molecule has 1 N–H and O–H groups in total. The van der Waals surface area contributed by atoms with Crippen LogP contribution in [0.1, 0.15) is 18.1 Å². The molecule has 0 aliphatic carbocycles. The molecule has 0 radical (unpaired) electrons. The van der Waals surface area contributed by atoms with Crippen molar-refractivity contribution in [3.05, 3.63) is 41.5 Å². The number of nitrogens with zero attached hydrogens (tertiary/aromatic N) is 2. The highest BCUT2D eigenvalue weighted by atomic mass is 32.2. The third-order valence-electron chi connectivity index (χ3n) is 2.87. The van der Waals surface area contributed by atoms with Crippen LogP contribution in [-0.4, -0.2) is 36.1 Å². The first-order chi connectivity index (χ1) is 9.77. The molecular formula is C14H16N2O4S. The fourth-order valence-corrected chi connectivity index (χ4v) is 2.59. The molecule has 0 amide bonds. The zero-order chi connectivity index (χ0) is 16.0. The number of rotatable bonds is 6. The van der Waals surface area contributed by atoms with Crippen LogP contribution in [0.15, 0.2) is 30.3 Å². The molecule has 0 aliphatic heterocycles. The number of nitriles is 1. The second kappa shape index (κ2) is 7.02.